The quantitative estimate of drug-likeness (QED) is 0.822. The van der Waals surface area contributed by atoms with Crippen LogP contribution in [0.3, 0.4) is 0 Å². The number of carbonyl (C=O) groups is 1. The molecule has 0 bridgehead atoms. The van der Waals surface area contributed by atoms with Gasteiger partial charge in [0.1, 0.15) is 5.69 Å². The molecule has 1 atom stereocenters. The van der Waals surface area contributed by atoms with Crippen molar-refractivity contribution in [1.82, 2.24) is 14.7 Å². The first-order chi connectivity index (χ1) is 12.3. The second kappa shape index (κ2) is 7.09. The maximum Gasteiger partial charge on any atom is 0.410 e. The third-order valence-electron chi connectivity index (χ3n) is 5.03. The van der Waals surface area contributed by atoms with Gasteiger partial charge in [0, 0.05) is 24.9 Å². The summed E-state index contributed by atoms with van der Waals surface area (Å²) < 4.78 is 50.1. The van der Waals surface area contributed by atoms with Gasteiger partial charge in [0.2, 0.25) is 0 Å². The number of aliphatic hydroxyl groups is 1. The zero-order chi connectivity index (χ0) is 18.9. The predicted molar refractivity (Wildman–Crippen MR) is 86.6 cm³/mol. The number of fused-ring (bicyclic) bond motifs is 3. The number of halogens is 3. The van der Waals surface area contributed by atoms with Crippen molar-refractivity contribution in [3.63, 3.8) is 0 Å². The van der Waals surface area contributed by atoms with Crippen molar-refractivity contribution in [2.45, 2.75) is 63.7 Å². The smallest absolute Gasteiger partial charge is 0.410 e. The van der Waals surface area contributed by atoms with Crippen LogP contribution in [0.5, 0.6) is 0 Å². The lowest BCUT2D eigenvalue weighted by Gasteiger charge is -2.27. The number of rotatable bonds is 4. The molecule has 26 heavy (non-hydrogen) atoms. The molecule has 9 heteroatoms. The SMILES string of the molecule is CCCCOC(=O)N1CCc2nn3c(c2C1)C(F)(F)CCC(F)(CO)C3. The van der Waals surface area contributed by atoms with Crippen molar-refractivity contribution in [3.8, 4) is 0 Å². The Labute approximate surface area is 149 Å². The van der Waals surface area contributed by atoms with Crippen LogP contribution in [-0.4, -0.2) is 51.3 Å². The van der Waals surface area contributed by atoms with E-state index in [-0.39, 0.29) is 17.8 Å². The highest BCUT2D eigenvalue weighted by Crippen LogP contribution is 2.43. The van der Waals surface area contributed by atoms with Crippen molar-refractivity contribution >= 4 is 6.09 Å². The summed E-state index contributed by atoms with van der Waals surface area (Å²) in [7, 11) is 0. The Morgan fingerprint density at radius 2 is 2.12 bits per heavy atom. The Kier molecular flexibility index (Phi) is 5.18. The van der Waals surface area contributed by atoms with Crippen LogP contribution in [0, 0.1) is 0 Å². The van der Waals surface area contributed by atoms with E-state index in [1.54, 1.807) is 0 Å². The zero-order valence-corrected chi connectivity index (χ0v) is 14.8. The summed E-state index contributed by atoms with van der Waals surface area (Å²) in [6.45, 7) is 1.32. The molecule has 1 aromatic heterocycles. The standard InChI is InChI=1S/C17H24F3N3O3/c1-2-3-8-26-15(25)22-7-4-13-12(9-22)14-17(19,20)6-5-16(18,11-24)10-23(14)21-13/h24H,2-11H2,1H3. The van der Waals surface area contributed by atoms with E-state index in [1.807, 2.05) is 6.92 Å². The molecule has 0 saturated heterocycles. The first-order valence-electron chi connectivity index (χ1n) is 8.98. The molecule has 6 nitrogen and oxygen atoms in total. The van der Waals surface area contributed by atoms with Gasteiger partial charge >= 0.3 is 6.09 Å². The third-order valence-corrected chi connectivity index (χ3v) is 5.03. The van der Waals surface area contributed by atoms with Gasteiger partial charge in [0.05, 0.1) is 32.0 Å². The van der Waals surface area contributed by atoms with Gasteiger partial charge in [-0.1, -0.05) is 13.3 Å². The number of aromatic nitrogens is 2. The van der Waals surface area contributed by atoms with Crippen molar-refractivity contribution in [2.24, 2.45) is 0 Å². The monoisotopic (exact) mass is 375 g/mol. The zero-order valence-electron chi connectivity index (χ0n) is 14.8. The molecular formula is C17H24F3N3O3. The summed E-state index contributed by atoms with van der Waals surface area (Å²) in [5.74, 6) is -3.27. The van der Waals surface area contributed by atoms with Crippen molar-refractivity contribution in [2.75, 3.05) is 19.8 Å². The minimum Gasteiger partial charge on any atom is -0.449 e. The van der Waals surface area contributed by atoms with Crippen LogP contribution in [0.1, 0.15) is 49.6 Å². The van der Waals surface area contributed by atoms with Crippen LogP contribution in [-0.2, 0) is 30.2 Å². The van der Waals surface area contributed by atoms with Gasteiger partial charge in [-0.15, -0.1) is 0 Å². The molecule has 0 aliphatic carbocycles. The van der Waals surface area contributed by atoms with Crippen molar-refractivity contribution in [1.29, 1.82) is 0 Å². The van der Waals surface area contributed by atoms with E-state index >= 15 is 0 Å². The van der Waals surface area contributed by atoms with E-state index in [0.29, 0.717) is 25.3 Å². The Morgan fingerprint density at radius 3 is 2.81 bits per heavy atom. The van der Waals surface area contributed by atoms with Crippen LogP contribution in [0.25, 0.3) is 0 Å². The van der Waals surface area contributed by atoms with Gasteiger partial charge in [0.15, 0.2) is 5.67 Å². The van der Waals surface area contributed by atoms with E-state index in [4.69, 9.17) is 4.74 Å². The molecule has 146 valence electrons. The Hall–Kier alpha value is -1.77. The number of carbonyl (C=O) groups excluding carboxylic acids is 1. The molecule has 0 fully saturated rings. The highest BCUT2D eigenvalue weighted by molar-refractivity contribution is 5.68. The van der Waals surface area contributed by atoms with E-state index < -0.39 is 43.7 Å². The van der Waals surface area contributed by atoms with Crippen LogP contribution in [0.15, 0.2) is 0 Å². The van der Waals surface area contributed by atoms with E-state index in [2.05, 4.69) is 5.10 Å². The first-order valence-corrected chi connectivity index (χ1v) is 8.98. The molecule has 0 spiro atoms. The summed E-state index contributed by atoms with van der Waals surface area (Å²) in [6.07, 6.45) is 0.256. The second-order valence-corrected chi connectivity index (χ2v) is 7.08. The number of hydrogen-bond acceptors (Lipinski definition) is 4. The first kappa shape index (κ1) is 19.0. The molecule has 0 saturated carbocycles. The van der Waals surface area contributed by atoms with Gasteiger partial charge in [-0.3, -0.25) is 4.68 Å². The number of amides is 1. The van der Waals surface area contributed by atoms with Crippen molar-refractivity contribution in [3.05, 3.63) is 17.0 Å². The molecule has 3 rings (SSSR count). The highest BCUT2D eigenvalue weighted by atomic mass is 19.3. The lowest BCUT2D eigenvalue weighted by atomic mass is 9.97. The number of nitrogens with zero attached hydrogens (tertiary/aromatic N) is 3. The van der Waals surface area contributed by atoms with E-state index in [0.717, 1.165) is 17.5 Å². The number of aliphatic hydroxyl groups excluding tert-OH is 1. The molecule has 1 N–H and O–H groups in total. The van der Waals surface area contributed by atoms with Crippen LogP contribution in [0.4, 0.5) is 18.0 Å². The normalized spacial score (nSPS) is 24.6. The van der Waals surface area contributed by atoms with Gasteiger partial charge < -0.3 is 14.7 Å². The molecule has 1 unspecified atom stereocenters. The molecular weight excluding hydrogens is 351 g/mol. The molecule has 0 aromatic carbocycles. The average Bonchev–Trinajstić information content (AvgIpc) is 2.93. The number of hydrogen-bond donors (Lipinski definition) is 1. The Balaban J connectivity index is 1.86. The molecule has 3 heterocycles. The topological polar surface area (TPSA) is 67.6 Å². The van der Waals surface area contributed by atoms with Crippen LogP contribution >= 0.6 is 0 Å². The van der Waals surface area contributed by atoms with Crippen molar-refractivity contribution < 1.29 is 27.8 Å². The Bertz CT molecular complexity index is 680. The fraction of sp³-hybridized carbons (Fsp3) is 0.765. The summed E-state index contributed by atoms with van der Waals surface area (Å²) in [5.41, 5.74) is -1.73. The van der Waals surface area contributed by atoms with Crippen LogP contribution in [0.2, 0.25) is 0 Å². The lowest BCUT2D eigenvalue weighted by molar-refractivity contribution is -0.0325. The minimum absolute atomic E-state index is 0.0242. The maximum atomic E-state index is 14.7. The summed E-state index contributed by atoms with van der Waals surface area (Å²) >= 11 is 0. The number of unbranched alkanes of at least 4 members (excludes halogenated alkanes) is 1. The molecule has 1 aromatic rings. The fourth-order valence-corrected chi connectivity index (χ4v) is 3.48. The van der Waals surface area contributed by atoms with Gasteiger partial charge in [-0.25, -0.2) is 9.18 Å². The molecule has 0 radical (unpaired) electrons. The van der Waals surface area contributed by atoms with E-state index in [9.17, 15) is 23.1 Å². The summed E-state index contributed by atoms with van der Waals surface area (Å²) in [6, 6.07) is 0. The molecule has 1 amide bonds. The predicted octanol–water partition coefficient (Wildman–Crippen LogP) is 2.76. The highest BCUT2D eigenvalue weighted by Gasteiger charge is 2.48. The lowest BCUT2D eigenvalue weighted by Crippen LogP contribution is -2.37. The second-order valence-electron chi connectivity index (χ2n) is 7.08. The molecule has 2 aliphatic rings. The van der Waals surface area contributed by atoms with Gasteiger partial charge in [-0.2, -0.15) is 13.9 Å². The largest absolute Gasteiger partial charge is 0.449 e. The van der Waals surface area contributed by atoms with Crippen LogP contribution < -0.4 is 0 Å². The third kappa shape index (κ3) is 3.54. The van der Waals surface area contributed by atoms with Gasteiger partial charge in [0.25, 0.3) is 5.92 Å². The summed E-state index contributed by atoms with van der Waals surface area (Å²) in [4.78, 5) is 13.5. The van der Waals surface area contributed by atoms with E-state index in [1.165, 1.54) is 4.90 Å². The maximum absolute atomic E-state index is 14.7. The molecule has 2 aliphatic heterocycles. The fourth-order valence-electron chi connectivity index (χ4n) is 3.48. The minimum atomic E-state index is -3.27. The summed E-state index contributed by atoms with van der Waals surface area (Å²) in [5, 5.41) is 13.4. The Morgan fingerprint density at radius 1 is 1.35 bits per heavy atom. The van der Waals surface area contributed by atoms with Gasteiger partial charge in [-0.05, 0) is 12.8 Å². The number of ether oxygens (including phenoxy) is 1. The average molecular weight is 375 g/mol. The number of alkyl halides is 3.